The van der Waals surface area contributed by atoms with Crippen LogP contribution in [0.3, 0.4) is 0 Å². The van der Waals surface area contributed by atoms with Crippen LogP contribution in [0.1, 0.15) is 17.4 Å². The van der Waals surface area contributed by atoms with Crippen LogP contribution in [0.15, 0.2) is 18.2 Å². The lowest BCUT2D eigenvalue weighted by Gasteiger charge is -2.37. The number of hydrogen-bond donors (Lipinski definition) is 1. The van der Waals surface area contributed by atoms with Crippen LogP contribution in [0, 0.1) is 5.95 Å². The molecule has 1 aromatic heterocycles. The maximum absolute atomic E-state index is 13.0. The maximum Gasteiger partial charge on any atom is 0.272 e. The van der Waals surface area contributed by atoms with Crippen molar-refractivity contribution in [1.29, 1.82) is 0 Å². The minimum Gasteiger partial charge on any atom is -0.394 e. The fourth-order valence-corrected chi connectivity index (χ4v) is 1.89. The summed E-state index contributed by atoms with van der Waals surface area (Å²) in [7, 11) is 0. The quantitative estimate of drug-likeness (QED) is 0.778. The Morgan fingerprint density at radius 3 is 3.11 bits per heavy atom. The zero-order valence-electron chi connectivity index (χ0n) is 10.0. The number of morpholine rings is 1. The number of aliphatic hydroxyl groups is 1. The van der Waals surface area contributed by atoms with Crippen molar-refractivity contribution in [3.8, 4) is 0 Å². The molecule has 1 amide bonds. The highest BCUT2D eigenvalue weighted by atomic mass is 19.1. The van der Waals surface area contributed by atoms with E-state index < -0.39 is 12.1 Å². The second kappa shape index (κ2) is 5.41. The average molecular weight is 254 g/mol. The third-order valence-electron chi connectivity index (χ3n) is 2.90. The van der Waals surface area contributed by atoms with E-state index in [0.717, 1.165) is 0 Å². The maximum atomic E-state index is 13.0. The van der Waals surface area contributed by atoms with Crippen molar-refractivity contribution in [2.24, 2.45) is 0 Å². The van der Waals surface area contributed by atoms with Gasteiger partial charge >= 0.3 is 0 Å². The molecule has 5 nitrogen and oxygen atoms in total. The summed E-state index contributed by atoms with van der Waals surface area (Å²) in [5.41, 5.74) is 0.0699. The van der Waals surface area contributed by atoms with E-state index in [-0.39, 0.29) is 30.8 Å². The first kappa shape index (κ1) is 12.9. The Labute approximate surface area is 104 Å². The summed E-state index contributed by atoms with van der Waals surface area (Å²) in [4.78, 5) is 17.3. The van der Waals surface area contributed by atoms with Gasteiger partial charge in [-0.2, -0.15) is 4.39 Å². The van der Waals surface area contributed by atoms with Crippen LogP contribution in [0.4, 0.5) is 4.39 Å². The Balaban J connectivity index is 2.16. The summed E-state index contributed by atoms with van der Waals surface area (Å²) in [6, 6.07) is 3.99. The lowest BCUT2D eigenvalue weighted by atomic mass is 10.1. The van der Waals surface area contributed by atoms with E-state index in [1.54, 1.807) is 4.90 Å². The number of amides is 1. The number of aromatic nitrogens is 1. The van der Waals surface area contributed by atoms with Crippen molar-refractivity contribution < 1.29 is 19.0 Å². The number of rotatable bonds is 2. The minimum atomic E-state index is -0.680. The van der Waals surface area contributed by atoms with Gasteiger partial charge in [0.1, 0.15) is 5.69 Å². The molecule has 2 rings (SSSR count). The largest absolute Gasteiger partial charge is 0.394 e. The number of carbonyl (C=O) groups excluding carboxylic acids is 1. The van der Waals surface area contributed by atoms with Gasteiger partial charge in [0, 0.05) is 6.54 Å². The Morgan fingerprint density at radius 2 is 2.44 bits per heavy atom. The predicted octanol–water partition coefficient (Wildman–Crippen LogP) is 0.442. The number of pyridine rings is 1. The van der Waals surface area contributed by atoms with Crippen molar-refractivity contribution in [3.05, 3.63) is 29.8 Å². The van der Waals surface area contributed by atoms with Gasteiger partial charge in [0.2, 0.25) is 5.95 Å². The lowest BCUT2D eigenvalue weighted by Crippen LogP contribution is -2.52. The first-order chi connectivity index (χ1) is 8.61. The summed E-state index contributed by atoms with van der Waals surface area (Å²) >= 11 is 0. The van der Waals surface area contributed by atoms with E-state index in [2.05, 4.69) is 4.98 Å². The summed E-state index contributed by atoms with van der Waals surface area (Å²) in [5, 5.41) is 9.05. The molecule has 1 aliphatic heterocycles. The zero-order valence-corrected chi connectivity index (χ0v) is 10.0. The number of aliphatic hydroxyl groups excluding tert-OH is 1. The number of halogens is 1. The highest BCUT2D eigenvalue weighted by molar-refractivity contribution is 5.92. The SMILES string of the molecule is CC1COC(CO)CN1C(=O)c1cccc(F)n1. The number of nitrogens with zero attached hydrogens (tertiary/aromatic N) is 2. The van der Waals surface area contributed by atoms with E-state index in [1.807, 2.05) is 6.92 Å². The molecule has 0 aromatic carbocycles. The van der Waals surface area contributed by atoms with Gasteiger partial charge in [0.25, 0.3) is 5.91 Å². The molecule has 0 saturated carbocycles. The third kappa shape index (κ3) is 2.65. The van der Waals surface area contributed by atoms with Crippen LogP contribution in [-0.2, 0) is 4.74 Å². The standard InChI is InChI=1S/C12H15FN2O3/c1-8-7-18-9(6-16)5-15(8)12(17)10-3-2-4-11(13)14-10/h2-4,8-9,16H,5-7H2,1H3. The third-order valence-corrected chi connectivity index (χ3v) is 2.90. The lowest BCUT2D eigenvalue weighted by molar-refractivity contribution is -0.0668. The predicted molar refractivity (Wildman–Crippen MR) is 61.5 cm³/mol. The van der Waals surface area contributed by atoms with Crippen LogP contribution in [0.5, 0.6) is 0 Å². The molecule has 0 spiro atoms. The first-order valence-electron chi connectivity index (χ1n) is 5.78. The fourth-order valence-electron chi connectivity index (χ4n) is 1.89. The topological polar surface area (TPSA) is 62.7 Å². The van der Waals surface area contributed by atoms with Crippen LogP contribution in [-0.4, -0.2) is 52.8 Å². The molecule has 18 heavy (non-hydrogen) atoms. The van der Waals surface area contributed by atoms with E-state index in [0.29, 0.717) is 6.61 Å². The van der Waals surface area contributed by atoms with Gasteiger partial charge < -0.3 is 14.7 Å². The van der Waals surface area contributed by atoms with Crippen LogP contribution >= 0.6 is 0 Å². The molecule has 0 radical (unpaired) electrons. The van der Waals surface area contributed by atoms with Gasteiger partial charge in [0.05, 0.1) is 25.4 Å². The average Bonchev–Trinajstić information content (AvgIpc) is 2.38. The van der Waals surface area contributed by atoms with Gasteiger partial charge in [0.15, 0.2) is 0 Å². The van der Waals surface area contributed by atoms with Crippen LogP contribution in [0.2, 0.25) is 0 Å². The molecular formula is C12H15FN2O3. The molecule has 2 unspecified atom stereocenters. The molecule has 1 aliphatic rings. The van der Waals surface area contributed by atoms with Gasteiger partial charge in [-0.25, -0.2) is 4.98 Å². The van der Waals surface area contributed by atoms with Crippen LogP contribution < -0.4 is 0 Å². The molecule has 2 heterocycles. The normalized spacial score (nSPS) is 24.1. The van der Waals surface area contributed by atoms with E-state index >= 15 is 0 Å². The molecule has 1 aromatic rings. The summed E-state index contributed by atoms with van der Waals surface area (Å²) in [6.45, 7) is 2.33. The van der Waals surface area contributed by atoms with Crippen molar-refractivity contribution >= 4 is 5.91 Å². The van der Waals surface area contributed by atoms with Gasteiger partial charge in [-0.3, -0.25) is 4.79 Å². The second-order valence-corrected chi connectivity index (χ2v) is 4.29. The summed E-state index contributed by atoms with van der Waals surface area (Å²) < 4.78 is 18.3. The molecule has 2 atom stereocenters. The Kier molecular flexibility index (Phi) is 3.88. The Hall–Kier alpha value is -1.53. The molecule has 98 valence electrons. The molecule has 1 N–H and O–H groups in total. The van der Waals surface area contributed by atoms with Crippen LogP contribution in [0.25, 0.3) is 0 Å². The first-order valence-corrected chi connectivity index (χ1v) is 5.78. The van der Waals surface area contributed by atoms with Crippen molar-refractivity contribution in [2.45, 2.75) is 19.1 Å². The molecular weight excluding hydrogens is 239 g/mol. The summed E-state index contributed by atoms with van der Waals surface area (Å²) in [5.74, 6) is -1.02. The Morgan fingerprint density at radius 1 is 1.67 bits per heavy atom. The smallest absolute Gasteiger partial charge is 0.272 e. The van der Waals surface area contributed by atoms with Crippen molar-refractivity contribution in [3.63, 3.8) is 0 Å². The Bertz CT molecular complexity index is 441. The van der Waals surface area contributed by atoms with Crippen molar-refractivity contribution in [2.75, 3.05) is 19.8 Å². The van der Waals surface area contributed by atoms with Crippen molar-refractivity contribution in [1.82, 2.24) is 9.88 Å². The summed E-state index contributed by atoms with van der Waals surface area (Å²) in [6.07, 6.45) is -0.390. The molecule has 1 fully saturated rings. The second-order valence-electron chi connectivity index (χ2n) is 4.29. The molecule has 0 bridgehead atoms. The number of hydrogen-bond acceptors (Lipinski definition) is 4. The monoisotopic (exact) mass is 254 g/mol. The van der Waals surface area contributed by atoms with E-state index in [1.165, 1.54) is 18.2 Å². The molecule has 0 aliphatic carbocycles. The number of carbonyl (C=O) groups is 1. The minimum absolute atomic E-state index is 0.0699. The molecule has 6 heteroatoms. The van der Waals surface area contributed by atoms with E-state index in [4.69, 9.17) is 9.84 Å². The highest BCUT2D eigenvalue weighted by Gasteiger charge is 2.30. The fraction of sp³-hybridized carbons (Fsp3) is 0.500. The zero-order chi connectivity index (χ0) is 13.1. The van der Waals surface area contributed by atoms with E-state index in [9.17, 15) is 9.18 Å². The van der Waals surface area contributed by atoms with Gasteiger partial charge in [-0.1, -0.05) is 6.07 Å². The molecule has 1 saturated heterocycles. The van der Waals surface area contributed by atoms with Gasteiger partial charge in [-0.15, -0.1) is 0 Å². The number of ether oxygens (including phenoxy) is 1. The van der Waals surface area contributed by atoms with Gasteiger partial charge in [-0.05, 0) is 19.1 Å². The highest BCUT2D eigenvalue weighted by Crippen LogP contribution is 2.14.